The molecule has 1 saturated heterocycles. The Hall–Kier alpha value is -1.83. The second-order valence-corrected chi connectivity index (χ2v) is 8.79. The van der Waals surface area contributed by atoms with Crippen LogP contribution in [0.4, 0.5) is 8.78 Å². The Bertz CT molecular complexity index is 717. The summed E-state index contributed by atoms with van der Waals surface area (Å²) in [7, 11) is 0. The van der Waals surface area contributed by atoms with Crippen molar-refractivity contribution in [1.29, 1.82) is 0 Å². The quantitative estimate of drug-likeness (QED) is 0.563. The molecule has 5 nitrogen and oxygen atoms in total. The van der Waals surface area contributed by atoms with Crippen molar-refractivity contribution >= 4 is 23.6 Å². The summed E-state index contributed by atoms with van der Waals surface area (Å²) >= 11 is 1.91. The Labute approximate surface area is 175 Å². The zero-order valence-electron chi connectivity index (χ0n) is 16.9. The van der Waals surface area contributed by atoms with E-state index in [-0.39, 0.29) is 24.1 Å². The first-order valence-electron chi connectivity index (χ1n) is 10.4. The average molecular weight is 425 g/mol. The molecule has 1 aromatic rings. The minimum Gasteiger partial charge on any atom is -0.357 e. The van der Waals surface area contributed by atoms with Crippen LogP contribution < -0.4 is 10.6 Å². The number of carbonyl (C=O) groups is 1. The number of carbonyl (C=O) groups excluding carboxylic acids is 1. The van der Waals surface area contributed by atoms with Crippen LogP contribution in [-0.4, -0.2) is 53.9 Å². The molecule has 160 valence electrons. The van der Waals surface area contributed by atoms with E-state index >= 15 is 0 Å². The zero-order chi connectivity index (χ0) is 20.6. The van der Waals surface area contributed by atoms with Gasteiger partial charge in [0.05, 0.1) is 6.54 Å². The molecule has 1 aliphatic carbocycles. The molecule has 2 N–H and O–H groups in total. The number of amides is 1. The summed E-state index contributed by atoms with van der Waals surface area (Å²) in [6.07, 6.45) is 3.55. The Morgan fingerprint density at radius 1 is 1.21 bits per heavy atom. The highest BCUT2D eigenvalue weighted by atomic mass is 32.2. The lowest BCUT2D eigenvalue weighted by atomic mass is 9.85. The summed E-state index contributed by atoms with van der Waals surface area (Å²) in [6.45, 7) is 4.45. The number of benzene rings is 1. The molecular formula is C21H30F2N4OS. The molecule has 3 rings (SSSR count). The van der Waals surface area contributed by atoms with Gasteiger partial charge in [-0.3, -0.25) is 4.79 Å². The maximum atomic E-state index is 13.8. The van der Waals surface area contributed by atoms with Gasteiger partial charge in [-0.05, 0) is 50.8 Å². The van der Waals surface area contributed by atoms with E-state index in [1.807, 2.05) is 23.6 Å². The molecule has 8 heteroatoms. The average Bonchev–Trinajstić information content (AvgIpc) is 2.75. The fraction of sp³-hybridized carbons (Fsp3) is 0.619. The van der Waals surface area contributed by atoms with Crippen LogP contribution in [0.1, 0.15) is 38.2 Å². The number of thioether (sulfide) groups is 1. The van der Waals surface area contributed by atoms with E-state index in [0.717, 1.165) is 62.4 Å². The number of hydrogen-bond donors (Lipinski definition) is 2. The van der Waals surface area contributed by atoms with Gasteiger partial charge in [-0.15, -0.1) is 0 Å². The first-order valence-corrected chi connectivity index (χ1v) is 11.6. The SMILES string of the molecule is CCNC(=NCc1cc(F)ccc1F)NC1CCC(C(=O)N2CCSCC2)CC1. The maximum absolute atomic E-state index is 13.8. The standard InChI is InChI=1S/C21H30F2N4OS/c1-2-24-21(25-14-16-13-17(22)5-8-19(16)23)26-18-6-3-15(4-7-18)20(28)27-9-11-29-12-10-27/h5,8,13,15,18H,2-4,6-7,9-12,14H2,1H3,(H2,24,25,26). The summed E-state index contributed by atoms with van der Waals surface area (Å²) in [5, 5.41) is 6.56. The Morgan fingerprint density at radius 2 is 1.93 bits per heavy atom. The van der Waals surface area contributed by atoms with Gasteiger partial charge in [0.1, 0.15) is 11.6 Å². The lowest BCUT2D eigenvalue weighted by Crippen LogP contribution is -2.47. The highest BCUT2D eigenvalue weighted by Gasteiger charge is 2.30. The minimum absolute atomic E-state index is 0.0692. The van der Waals surface area contributed by atoms with Crippen molar-refractivity contribution < 1.29 is 13.6 Å². The number of hydrogen-bond acceptors (Lipinski definition) is 3. The largest absolute Gasteiger partial charge is 0.357 e. The van der Waals surface area contributed by atoms with Gasteiger partial charge >= 0.3 is 0 Å². The van der Waals surface area contributed by atoms with Crippen molar-refractivity contribution in [2.45, 2.75) is 45.2 Å². The third-order valence-corrected chi connectivity index (χ3v) is 6.44. The van der Waals surface area contributed by atoms with Gasteiger partial charge < -0.3 is 15.5 Å². The monoisotopic (exact) mass is 424 g/mol. The first kappa shape index (κ1) is 21.9. The second kappa shape index (κ2) is 10.8. The Balaban J connectivity index is 1.52. The first-order chi connectivity index (χ1) is 14.1. The topological polar surface area (TPSA) is 56.7 Å². The second-order valence-electron chi connectivity index (χ2n) is 7.56. The fourth-order valence-electron chi connectivity index (χ4n) is 3.87. The van der Waals surface area contributed by atoms with Crippen LogP contribution in [0.2, 0.25) is 0 Å². The highest BCUT2D eigenvalue weighted by Crippen LogP contribution is 2.27. The minimum atomic E-state index is -0.468. The van der Waals surface area contributed by atoms with Crippen molar-refractivity contribution in [2.75, 3.05) is 31.1 Å². The molecular weight excluding hydrogens is 394 g/mol. The smallest absolute Gasteiger partial charge is 0.225 e. The van der Waals surface area contributed by atoms with Gasteiger partial charge in [-0.2, -0.15) is 11.8 Å². The number of nitrogens with zero attached hydrogens (tertiary/aromatic N) is 2. The summed E-state index contributed by atoms with van der Waals surface area (Å²) in [6, 6.07) is 3.64. The molecule has 1 saturated carbocycles. The fourth-order valence-corrected chi connectivity index (χ4v) is 4.77. The summed E-state index contributed by atoms with van der Waals surface area (Å²) in [5.41, 5.74) is 0.233. The molecule has 0 radical (unpaired) electrons. The predicted octanol–water partition coefficient (Wildman–Crippen LogP) is 3.15. The molecule has 1 amide bonds. The van der Waals surface area contributed by atoms with Gasteiger partial charge in [0, 0.05) is 48.7 Å². The Kier molecular flexibility index (Phi) is 8.15. The van der Waals surface area contributed by atoms with Crippen LogP contribution in [0.15, 0.2) is 23.2 Å². The number of halogens is 2. The van der Waals surface area contributed by atoms with Crippen LogP contribution in [0.3, 0.4) is 0 Å². The molecule has 0 aromatic heterocycles. The van der Waals surface area contributed by atoms with Crippen molar-refractivity contribution in [3.05, 3.63) is 35.4 Å². The molecule has 0 bridgehead atoms. The lowest BCUT2D eigenvalue weighted by Gasteiger charge is -2.34. The van der Waals surface area contributed by atoms with Gasteiger partial charge in [-0.1, -0.05) is 0 Å². The molecule has 0 unspecified atom stereocenters. The van der Waals surface area contributed by atoms with Crippen LogP contribution >= 0.6 is 11.8 Å². The van der Waals surface area contributed by atoms with Crippen molar-refractivity contribution in [1.82, 2.24) is 15.5 Å². The molecule has 0 spiro atoms. The van der Waals surface area contributed by atoms with Crippen LogP contribution in [0.25, 0.3) is 0 Å². The van der Waals surface area contributed by atoms with E-state index < -0.39 is 11.6 Å². The van der Waals surface area contributed by atoms with E-state index in [4.69, 9.17) is 0 Å². The van der Waals surface area contributed by atoms with Crippen LogP contribution in [0, 0.1) is 17.6 Å². The molecule has 0 atom stereocenters. The van der Waals surface area contributed by atoms with Crippen LogP contribution in [-0.2, 0) is 11.3 Å². The predicted molar refractivity (Wildman–Crippen MR) is 114 cm³/mol. The highest BCUT2D eigenvalue weighted by molar-refractivity contribution is 7.99. The van der Waals surface area contributed by atoms with Crippen LogP contribution in [0.5, 0.6) is 0 Å². The van der Waals surface area contributed by atoms with E-state index in [0.29, 0.717) is 18.4 Å². The number of nitrogens with one attached hydrogen (secondary N) is 2. The summed E-state index contributed by atoms with van der Waals surface area (Å²) in [5.74, 6) is 2.18. The molecule has 29 heavy (non-hydrogen) atoms. The zero-order valence-corrected chi connectivity index (χ0v) is 17.7. The summed E-state index contributed by atoms with van der Waals surface area (Å²) in [4.78, 5) is 19.1. The number of aliphatic imine (C=N–C) groups is 1. The van der Waals surface area contributed by atoms with Crippen molar-refractivity contribution in [3.63, 3.8) is 0 Å². The summed E-state index contributed by atoms with van der Waals surface area (Å²) < 4.78 is 27.2. The third-order valence-electron chi connectivity index (χ3n) is 5.50. The van der Waals surface area contributed by atoms with E-state index in [1.54, 1.807) is 0 Å². The maximum Gasteiger partial charge on any atom is 0.225 e. The van der Waals surface area contributed by atoms with Gasteiger partial charge in [0.2, 0.25) is 5.91 Å². The van der Waals surface area contributed by atoms with Crippen molar-refractivity contribution in [3.8, 4) is 0 Å². The number of guanidine groups is 1. The normalized spacial score (nSPS) is 23.0. The third kappa shape index (κ3) is 6.32. The molecule has 1 aliphatic heterocycles. The van der Waals surface area contributed by atoms with Crippen molar-refractivity contribution in [2.24, 2.45) is 10.9 Å². The lowest BCUT2D eigenvalue weighted by molar-refractivity contribution is -0.136. The molecule has 1 heterocycles. The van der Waals surface area contributed by atoms with E-state index in [1.165, 1.54) is 6.07 Å². The van der Waals surface area contributed by atoms with Gasteiger partial charge in [0.25, 0.3) is 0 Å². The molecule has 1 aromatic carbocycles. The molecule has 2 fully saturated rings. The molecule has 2 aliphatic rings. The Morgan fingerprint density at radius 3 is 2.62 bits per heavy atom. The number of rotatable bonds is 5. The van der Waals surface area contributed by atoms with Gasteiger partial charge in [0.15, 0.2) is 5.96 Å². The van der Waals surface area contributed by atoms with E-state index in [2.05, 4.69) is 15.6 Å². The van der Waals surface area contributed by atoms with Gasteiger partial charge in [-0.25, -0.2) is 13.8 Å². The van der Waals surface area contributed by atoms with E-state index in [9.17, 15) is 13.6 Å².